The highest BCUT2D eigenvalue weighted by molar-refractivity contribution is 6.41. The van der Waals surface area contributed by atoms with Crippen molar-refractivity contribution in [3.8, 4) is 113 Å². The van der Waals surface area contributed by atoms with Gasteiger partial charge in [-0.2, -0.15) is 25.5 Å². The molecule has 0 radical (unpaired) electrons. The number of methoxy groups -OCH3 is 1. The fourth-order valence-electron chi connectivity index (χ4n) is 15.2. The van der Waals surface area contributed by atoms with E-state index >= 15 is 0 Å². The van der Waals surface area contributed by atoms with Crippen molar-refractivity contribution in [1.29, 1.82) is 0 Å². The molecule has 134 heavy (non-hydrogen) atoms. The van der Waals surface area contributed by atoms with E-state index in [0.717, 1.165) is 106 Å². The molecule has 0 saturated carbocycles. The van der Waals surface area contributed by atoms with Gasteiger partial charge in [-0.3, -0.25) is 0 Å². The van der Waals surface area contributed by atoms with Crippen LogP contribution in [0.4, 0.5) is 4.39 Å². The number of hydrogen-bond donors (Lipinski definition) is 3. The maximum absolute atomic E-state index is 14.0. The molecule has 1 aliphatic rings. The number of ether oxygens (including phenoxy) is 2. The van der Waals surface area contributed by atoms with Crippen LogP contribution >= 0.6 is 58.0 Å². The molecule has 21 rings (SSSR count). The van der Waals surface area contributed by atoms with E-state index in [2.05, 4.69) is 72.3 Å². The minimum atomic E-state index is -0.559. The van der Waals surface area contributed by atoms with Gasteiger partial charge in [0.25, 0.3) is 0 Å². The Labute approximate surface area is 798 Å². The summed E-state index contributed by atoms with van der Waals surface area (Å²) in [5, 5.41) is 102. The van der Waals surface area contributed by atoms with E-state index in [1.54, 1.807) is 32.8 Å². The molecule has 11 heterocycles. The molecule has 10 aromatic heterocycles. The molecular formula is C103H94Cl5FN20O5. The zero-order chi connectivity index (χ0) is 90.6. The summed E-state index contributed by atoms with van der Waals surface area (Å²) in [4.78, 5) is 0. The standard InChI is InChI=1S/C20H16ClFN4O.C20H15ClN4O.3C20H17ClN4O.3CH4/c1-12-9-14(11-15(22)10-12)18-16-17(21)19(13-5-3-2-4-6-13)23-24-20(16)26(25-18)7-8-27;21-17-16-18(13-7-3-1-4-8-13)24-25(15-11-26-12-15)20(16)23-22-19(17)14-9-5-2-6-10-14;1-26-13-12-25-20-16(18(24-25)14-8-4-2-5-9-14)17(21)19(22-23-20)15-10-6-3-7-11-15;1-13(26)12-25-20-16(18(24-25)14-8-4-2-5-9-14)17(21)19(22-23-20)15-10-6-3-7-11-15;1-13-6-5-9-15(12-13)18-16-17(21)19(14-7-3-2-4-8-14)22-23-20(16)25(24-18)10-11-26;;;/h2-6,9-11,27H,7-8H2,1H3;1-10,15H,11-12H2;2-11H,12-13H2,1H3;2-11,13,26H,12H2,1H3;2-9,12,26H,10-11H2,1H3;3*1H4. The largest absolute Gasteiger partial charge is 0.394 e. The number of fused-ring (bicyclic) bond motifs is 5. The highest BCUT2D eigenvalue weighted by Crippen LogP contribution is 2.44. The van der Waals surface area contributed by atoms with Gasteiger partial charge in [0.15, 0.2) is 28.2 Å². The molecule has 3 N–H and O–H groups in total. The Kier molecular flexibility index (Phi) is 31.7. The first kappa shape index (κ1) is 96.2. The first-order valence-corrected chi connectivity index (χ1v) is 43.8. The molecule has 1 atom stereocenters. The second kappa shape index (κ2) is 44.1. The lowest BCUT2D eigenvalue weighted by Gasteiger charge is -2.26. The third-order valence-electron chi connectivity index (χ3n) is 21.5. The molecular weight excluding hydrogens is 1790 g/mol. The highest BCUT2D eigenvalue weighted by Gasteiger charge is 2.31. The van der Waals surface area contributed by atoms with Gasteiger partial charge < -0.3 is 24.8 Å². The van der Waals surface area contributed by atoms with E-state index in [1.807, 2.05) is 285 Å². The zero-order valence-corrected chi connectivity index (χ0v) is 74.8. The molecule has 25 nitrogen and oxygen atoms in total. The Morgan fingerprint density at radius 3 is 0.918 bits per heavy atom. The fraction of sp³-hybridized carbons (Fsp3) is 0.175. The first-order chi connectivity index (χ1) is 64.0. The third kappa shape index (κ3) is 20.5. The van der Waals surface area contributed by atoms with Gasteiger partial charge in [-0.05, 0) is 50.6 Å². The molecule has 20 aromatic rings. The van der Waals surface area contributed by atoms with E-state index in [-0.39, 0.29) is 53.9 Å². The van der Waals surface area contributed by atoms with Crippen LogP contribution in [-0.2, 0) is 35.7 Å². The van der Waals surface area contributed by atoms with E-state index in [4.69, 9.17) is 77.7 Å². The second-order valence-corrected chi connectivity index (χ2v) is 32.5. The van der Waals surface area contributed by atoms with E-state index in [0.29, 0.717) is 138 Å². The summed E-state index contributed by atoms with van der Waals surface area (Å²) in [5.41, 5.74) is 20.5. The molecule has 1 saturated heterocycles. The van der Waals surface area contributed by atoms with E-state index < -0.39 is 6.10 Å². The Bertz CT molecular complexity index is 7370. The van der Waals surface area contributed by atoms with Crippen LogP contribution in [0.3, 0.4) is 0 Å². The fourth-order valence-corrected chi connectivity index (χ4v) is 16.9. The minimum absolute atomic E-state index is 0. The van der Waals surface area contributed by atoms with Crippen molar-refractivity contribution in [2.75, 3.05) is 40.1 Å². The number of nitrogens with zero attached hydrogens (tertiary/aromatic N) is 20. The number of hydrogen-bond acceptors (Lipinski definition) is 20. The van der Waals surface area contributed by atoms with Gasteiger partial charge in [0.1, 0.15) is 68.8 Å². The minimum Gasteiger partial charge on any atom is -0.394 e. The summed E-state index contributed by atoms with van der Waals surface area (Å²) in [5.74, 6) is -0.351. The van der Waals surface area contributed by atoms with Crippen molar-refractivity contribution in [3.05, 3.63) is 327 Å². The molecule has 10 aromatic carbocycles. The maximum atomic E-state index is 14.0. The zero-order valence-electron chi connectivity index (χ0n) is 71.0. The van der Waals surface area contributed by atoms with E-state index in [9.17, 15) is 19.7 Å². The van der Waals surface area contributed by atoms with Crippen molar-refractivity contribution < 1.29 is 29.2 Å². The summed E-state index contributed by atoms with van der Waals surface area (Å²) < 4.78 is 33.1. The topological polar surface area (TPSA) is 297 Å². The average Bonchev–Trinajstić information content (AvgIpc) is 1.61. The Morgan fingerprint density at radius 1 is 0.336 bits per heavy atom. The summed E-state index contributed by atoms with van der Waals surface area (Å²) in [7, 11) is 1.66. The quantitative estimate of drug-likeness (QED) is 0.0638. The van der Waals surface area contributed by atoms with Crippen molar-refractivity contribution in [3.63, 3.8) is 0 Å². The molecule has 0 bridgehead atoms. The molecule has 1 fully saturated rings. The number of aromatic nitrogens is 20. The number of halogens is 6. The van der Waals surface area contributed by atoms with Crippen LogP contribution in [0.15, 0.2) is 285 Å². The number of benzene rings is 10. The van der Waals surface area contributed by atoms with Crippen LogP contribution in [0.5, 0.6) is 0 Å². The monoisotopic (exact) mass is 1880 g/mol. The normalized spacial score (nSPS) is 11.8. The van der Waals surface area contributed by atoms with Crippen LogP contribution in [-0.4, -0.2) is 161 Å². The average molecular weight is 1890 g/mol. The van der Waals surface area contributed by atoms with Gasteiger partial charge >= 0.3 is 0 Å². The smallest absolute Gasteiger partial charge is 0.183 e. The van der Waals surface area contributed by atoms with Gasteiger partial charge in [-0.15, -0.1) is 51.0 Å². The molecule has 1 aliphatic heterocycles. The Morgan fingerprint density at radius 2 is 0.612 bits per heavy atom. The Balaban J connectivity index is 0.000000134. The van der Waals surface area contributed by atoms with Crippen LogP contribution in [0.2, 0.25) is 25.1 Å². The van der Waals surface area contributed by atoms with E-state index in [1.165, 1.54) is 12.1 Å². The number of aliphatic hydroxyl groups excluding tert-OH is 3. The van der Waals surface area contributed by atoms with Crippen molar-refractivity contribution in [2.24, 2.45) is 0 Å². The van der Waals surface area contributed by atoms with Crippen LogP contribution < -0.4 is 0 Å². The number of rotatable bonds is 20. The maximum Gasteiger partial charge on any atom is 0.183 e. The summed E-state index contributed by atoms with van der Waals surface area (Å²) in [6, 6.07) is 91.4. The molecule has 678 valence electrons. The predicted molar refractivity (Wildman–Crippen MR) is 533 cm³/mol. The molecule has 1 unspecified atom stereocenters. The SMILES string of the molecule is C.C.C.CC(O)Cn1nc(-c2ccccc2)c2c(Cl)c(-c3ccccc3)nnc21.COCCn1nc(-c2ccccc2)c2c(Cl)c(-c3ccccc3)nnc21.Cc1cc(F)cc(-c2nn(CCO)c3nnc(-c4ccccc4)c(Cl)c23)c1.Cc1cccc(-c2nn(CCO)c3nnc(-c4ccccc4)c(Cl)c23)c1.Clc1c(-c2ccccc2)nnc2c1c(-c1ccccc1)nn2C1COC1. The summed E-state index contributed by atoms with van der Waals surface area (Å²) in [6.07, 6.45) is -0.559. The second-order valence-electron chi connectivity index (χ2n) is 30.6. The van der Waals surface area contributed by atoms with Crippen molar-refractivity contribution >= 4 is 113 Å². The third-order valence-corrected chi connectivity index (χ3v) is 23.3. The van der Waals surface area contributed by atoms with Crippen LogP contribution in [0.1, 0.15) is 46.4 Å². The first-order valence-electron chi connectivity index (χ1n) is 41.9. The summed E-state index contributed by atoms with van der Waals surface area (Å²) in [6.45, 7) is 8.67. The molecule has 0 amide bonds. The summed E-state index contributed by atoms with van der Waals surface area (Å²) >= 11 is 33.9. The Hall–Kier alpha value is -13.9. The van der Waals surface area contributed by atoms with Gasteiger partial charge in [0.05, 0.1) is 117 Å². The van der Waals surface area contributed by atoms with Crippen molar-refractivity contribution in [2.45, 2.75) is 81.4 Å². The van der Waals surface area contributed by atoms with Gasteiger partial charge in [-0.25, -0.2) is 27.8 Å². The van der Waals surface area contributed by atoms with Crippen LogP contribution in [0, 0.1) is 19.7 Å². The lowest BCUT2D eigenvalue weighted by molar-refractivity contribution is -0.0268. The highest BCUT2D eigenvalue weighted by atomic mass is 35.5. The van der Waals surface area contributed by atoms with Gasteiger partial charge in [0.2, 0.25) is 0 Å². The molecule has 0 spiro atoms. The van der Waals surface area contributed by atoms with Crippen LogP contribution in [0.25, 0.3) is 168 Å². The number of aliphatic hydroxyl groups is 3. The van der Waals surface area contributed by atoms with Gasteiger partial charge in [0, 0.05) is 62.7 Å². The van der Waals surface area contributed by atoms with Crippen molar-refractivity contribution in [1.82, 2.24) is 99.9 Å². The van der Waals surface area contributed by atoms with Gasteiger partial charge in [-0.1, -0.05) is 347 Å². The predicted octanol–water partition coefficient (Wildman–Crippen LogP) is 23.3. The molecule has 0 aliphatic carbocycles. The number of aryl methyl sites for hydroxylation is 2. The lowest BCUT2D eigenvalue weighted by atomic mass is 10.0. The lowest BCUT2D eigenvalue weighted by Crippen LogP contribution is -2.31. The molecule has 31 heteroatoms.